The molecular formula is C37H71O13P. The van der Waals surface area contributed by atoms with E-state index in [1.54, 1.807) is 0 Å². The van der Waals surface area contributed by atoms with Gasteiger partial charge in [0.15, 0.2) is 6.10 Å². The summed E-state index contributed by atoms with van der Waals surface area (Å²) in [6.07, 6.45) is 11.8. The molecule has 1 saturated carbocycles. The van der Waals surface area contributed by atoms with E-state index in [9.17, 15) is 44.6 Å². The zero-order valence-electron chi connectivity index (χ0n) is 31.4. The van der Waals surface area contributed by atoms with Crippen molar-refractivity contribution in [2.75, 3.05) is 13.2 Å². The molecule has 0 radical (unpaired) electrons. The van der Waals surface area contributed by atoms with Gasteiger partial charge in [-0.2, -0.15) is 0 Å². The fraction of sp³-hybridized carbons (Fsp3) is 0.946. The number of phosphoric ester groups is 1. The van der Waals surface area contributed by atoms with Crippen molar-refractivity contribution in [2.45, 2.75) is 211 Å². The molecular weight excluding hydrogens is 683 g/mol. The minimum Gasteiger partial charge on any atom is -0.462 e. The van der Waals surface area contributed by atoms with Crippen LogP contribution in [0.15, 0.2) is 0 Å². The van der Waals surface area contributed by atoms with Gasteiger partial charge in [0.05, 0.1) is 6.61 Å². The molecule has 0 amide bonds. The standard InChI is InChI=1S/C37H71O13P/c1-3-5-7-9-11-13-15-16-18-20-22-24-26-31(39)49-29(27-47-30(38)25-23-21-19-17-14-12-10-8-6-4-2)28-48-51(45,46)50-37-35(43)33(41)32(40)34(42)36(37)44/h29,32-37,40-44H,3-28H2,1-2H3,(H,45,46)/t29-,32?,33-,34?,35?,36?,37?/m1/s1. The number of rotatable bonds is 32. The first kappa shape index (κ1) is 47.9. The van der Waals surface area contributed by atoms with Gasteiger partial charge in [-0.25, -0.2) is 4.57 Å². The number of aliphatic hydroxyl groups excluding tert-OH is 5. The molecule has 6 N–H and O–H groups in total. The van der Waals surface area contributed by atoms with Gasteiger partial charge >= 0.3 is 19.8 Å². The number of ether oxygens (including phenoxy) is 2. The Morgan fingerprint density at radius 3 is 1.29 bits per heavy atom. The van der Waals surface area contributed by atoms with E-state index >= 15 is 0 Å². The molecule has 6 unspecified atom stereocenters. The molecule has 0 heterocycles. The first-order chi connectivity index (χ1) is 24.4. The lowest BCUT2D eigenvalue weighted by Crippen LogP contribution is -2.64. The van der Waals surface area contributed by atoms with Crippen LogP contribution < -0.4 is 0 Å². The Bertz CT molecular complexity index is 922. The lowest BCUT2D eigenvalue weighted by Gasteiger charge is -2.41. The number of unbranched alkanes of at least 4 members (excludes halogenated alkanes) is 20. The SMILES string of the molecule is CCCCCCCCCCCCCCC(=O)O[C@H](COC(=O)CCCCCCCCCCCC)COP(=O)(O)OC1C(O)C(O)C(O)[C@@H](O)C1O. The van der Waals surface area contributed by atoms with Crippen molar-refractivity contribution in [1.29, 1.82) is 0 Å². The Morgan fingerprint density at radius 2 is 0.882 bits per heavy atom. The van der Waals surface area contributed by atoms with Crippen molar-refractivity contribution in [3.05, 3.63) is 0 Å². The highest BCUT2D eigenvalue weighted by molar-refractivity contribution is 7.47. The Morgan fingerprint density at radius 1 is 0.529 bits per heavy atom. The molecule has 1 rings (SSSR count). The zero-order chi connectivity index (χ0) is 37.9. The summed E-state index contributed by atoms with van der Waals surface area (Å²) in [6, 6.07) is 0. The van der Waals surface area contributed by atoms with Crippen LogP contribution in [0.3, 0.4) is 0 Å². The summed E-state index contributed by atoms with van der Waals surface area (Å²) < 4.78 is 33.3. The molecule has 0 saturated heterocycles. The molecule has 0 spiro atoms. The van der Waals surface area contributed by atoms with E-state index in [1.807, 2.05) is 0 Å². The number of hydrogen-bond acceptors (Lipinski definition) is 12. The summed E-state index contributed by atoms with van der Waals surface area (Å²) in [5, 5.41) is 49.9. The number of carbonyl (C=O) groups excluding carboxylic acids is 2. The lowest BCUT2D eigenvalue weighted by molar-refractivity contribution is -0.220. The molecule has 14 heteroatoms. The maximum atomic E-state index is 12.7. The minimum atomic E-state index is -5.10. The number of hydrogen-bond donors (Lipinski definition) is 6. The fourth-order valence-corrected chi connectivity index (χ4v) is 7.14. The number of esters is 2. The quantitative estimate of drug-likeness (QED) is 0.0258. The van der Waals surface area contributed by atoms with E-state index in [2.05, 4.69) is 13.8 Å². The molecule has 0 aromatic heterocycles. The molecule has 302 valence electrons. The van der Waals surface area contributed by atoms with Crippen molar-refractivity contribution in [3.63, 3.8) is 0 Å². The van der Waals surface area contributed by atoms with Crippen molar-refractivity contribution in [1.82, 2.24) is 0 Å². The Labute approximate surface area is 306 Å². The highest BCUT2D eigenvalue weighted by Crippen LogP contribution is 2.47. The average Bonchev–Trinajstić information content (AvgIpc) is 3.10. The number of phosphoric acid groups is 1. The van der Waals surface area contributed by atoms with Gasteiger partial charge in [-0.05, 0) is 12.8 Å². The number of aliphatic hydroxyl groups is 5. The molecule has 0 aromatic rings. The van der Waals surface area contributed by atoms with Gasteiger partial charge in [-0.15, -0.1) is 0 Å². The maximum Gasteiger partial charge on any atom is 0.472 e. The van der Waals surface area contributed by atoms with Gasteiger partial charge < -0.3 is 39.9 Å². The van der Waals surface area contributed by atoms with Gasteiger partial charge in [0, 0.05) is 12.8 Å². The molecule has 8 atom stereocenters. The largest absolute Gasteiger partial charge is 0.472 e. The van der Waals surface area contributed by atoms with Crippen LogP contribution in [0.1, 0.15) is 168 Å². The van der Waals surface area contributed by atoms with E-state index in [-0.39, 0.29) is 12.8 Å². The first-order valence-corrected chi connectivity index (χ1v) is 21.3. The molecule has 0 aliphatic heterocycles. The van der Waals surface area contributed by atoms with Gasteiger partial charge in [0.1, 0.15) is 43.2 Å². The van der Waals surface area contributed by atoms with Gasteiger partial charge in [-0.1, -0.05) is 142 Å². The van der Waals surface area contributed by atoms with E-state index < -0.39 is 75.7 Å². The molecule has 1 aliphatic rings. The van der Waals surface area contributed by atoms with E-state index in [0.717, 1.165) is 38.5 Å². The van der Waals surface area contributed by atoms with Crippen LogP contribution in [-0.4, -0.2) is 98.3 Å². The maximum absolute atomic E-state index is 12.7. The molecule has 1 fully saturated rings. The molecule has 0 bridgehead atoms. The molecule has 1 aliphatic carbocycles. The summed E-state index contributed by atoms with van der Waals surface area (Å²) >= 11 is 0. The van der Waals surface area contributed by atoms with Crippen LogP contribution in [0, 0.1) is 0 Å². The van der Waals surface area contributed by atoms with Crippen molar-refractivity contribution >= 4 is 19.8 Å². The van der Waals surface area contributed by atoms with E-state index in [4.69, 9.17) is 18.5 Å². The van der Waals surface area contributed by atoms with Crippen LogP contribution in [0.4, 0.5) is 0 Å². The Kier molecular flexibility index (Phi) is 27.4. The first-order valence-electron chi connectivity index (χ1n) is 19.8. The minimum absolute atomic E-state index is 0.103. The lowest BCUT2D eigenvalue weighted by atomic mass is 9.85. The predicted octanol–water partition coefficient (Wildman–Crippen LogP) is 6.16. The molecule has 51 heavy (non-hydrogen) atoms. The van der Waals surface area contributed by atoms with Crippen molar-refractivity contribution < 1.29 is 63.1 Å². The summed E-state index contributed by atoms with van der Waals surface area (Å²) in [5.41, 5.74) is 0. The summed E-state index contributed by atoms with van der Waals surface area (Å²) in [6.45, 7) is 3.25. The molecule has 13 nitrogen and oxygen atoms in total. The van der Waals surface area contributed by atoms with E-state index in [1.165, 1.54) is 89.9 Å². The van der Waals surface area contributed by atoms with E-state index in [0.29, 0.717) is 12.8 Å². The fourth-order valence-electron chi connectivity index (χ4n) is 6.17. The molecule has 0 aromatic carbocycles. The smallest absolute Gasteiger partial charge is 0.462 e. The Hall–Kier alpha value is -1.15. The third-order valence-corrected chi connectivity index (χ3v) is 10.4. The third-order valence-electron chi connectivity index (χ3n) is 9.45. The van der Waals surface area contributed by atoms with Gasteiger partial charge in [0.2, 0.25) is 0 Å². The number of carbonyl (C=O) groups is 2. The second kappa shape index (κ2) is 29.2. The normalized spacial score (nSPS) is 23.8. The van der Waals surface area contributed by atoms with Crippen LogP contribution in [0.2, 0.25) is 0 Å². The van der Waals surface area contributed by atoms with Gasteiger partial charge in [0.25, 0.3) is 0 Å². The Balaban J connectivity index is 2.53. The second-order valence-electron chi connectivity index (χ2n) is 14.2. The van der Waals surface area contributed by atoms with Crippen LogP contribution in [0.25, 0.3) is 0 Å². The van der Waals surface area contributed by atoms with Gasteiger partial charge in [-0.3, -0.25) is 18.6 Å². The van der Waals surface area contributed by atoms with Crippen LogP contribution in [0.5, 0.6) is 0 Å². The zero-order valence-corrected chi connectivity index (χ0v) is 32.3. The highest BCUT2D eigenvalue weighted by Gasteiger charge is 2.51. The second-order valence-corrected chi connectivity index (χ2v) is 15.6. The highest BCUT2D eigenvalue weighted by atomic mass is 31.2. The average molecular weight is 755 g/mol. The van der Waals surface area contributed by atoms with Crippen LogP contribution in [-0.2, 0) is 32.7 Å². The monoisotopic (exact) mass is 754 g/mol. The summed E-state index contributed by atoms with van der Waals surface area (Å²) in [7, 11) is -5.10. The summed E-state index contributed by atoms with van der Waals surface area (Å²) in [5.74, 6) is -1.09. The van der Waals surface area contributed by atoms with Crippen LogP contribution >= 0.6 is 7.82 Å². The predicted molar refractivity (Wildman–Crippen MR) is 194 cm³/mol. The topological polar surface area (TPSA) is 210 Å². The van der Waals surface area contributed by atoms with Crippen molar-refractivity contribution in [2.24, 2.45) is 0 Å². The van der Waals surface area contributed by atoms with Crippen molar-refractivity contribution in [3.8, 4) is 0 Å². The summed E-state index contributed by atoms with van der Waals surface area (Å²) in [4.78, 5) is 35.4. The third kappa shape index (κ3) is 22.6.